The Hall–Kier alpha value is -4.42. The molecule has 6 nitrogen and oxygen atoms in total. The molecule has 0 amide bonds. The molecule has 0 aliphatic rings. The van der Waals surface area contributed by atoms with Gasteiger partial charge in [0.15, 0.2) is 5.76 Å². The first-order valence-electron chi connectivity index (χ1n) is 11.6. The van der Waals surface area contributed by atoms with Gasteiger partial charge in [-0.3, -0.25) is 4.98 Å². The van der Waals surface area contributed by atoms with E-state index >= 15 is 0 Å². The number of hydrogen-bond acceptors (Lipinski definition) is 5. The van der Waals surface area contributed by atoms with E-state index in [4.69, 9.17) is 19.9 Å². The molecule has 6 aromatic rings. The lowest BCUT2D eigenvalue weighted by molar-refractivity contribution is 0.209. The normalized spacial score (nSPS) is 12.3. The third-order valence-electron chi connectivity index (χ3n) is 6.26. The Morgan fingerprint density at radius 3 is 2.80 bits per heavy atom. The summed E-state index contributed by atoms with van der Waals surface area (Å²) in [5.41, 5.74) is 11.1. The van der Waals surface area contributed by atoms with Crippen LogP contribution in [0.15, 0.2) is 102 Å². The Morgan fingerprint density at radius 1 is 0.971 bits per heavy atom. The molecule has 35 heavy (non-hydrogen) atoms. The summed E-state index contributed by atoms with van der Waals surface area (Å²) < 4.78 is 12.1. The van der Waals surface area contributed by atoms with Crippen molar-refractivity contribution in [2.24, 2.45) is 5.73 Å². The number of fused-ring (bicyclic) bond motifs is 2. The molecule has 4 aromatic heterocycles. The largest absolute Gasteiger partial charge is 0.487 e. The Balaban J connectivity index is 1.36. The number of para-hydroxylation sites is 1. The van der Waals surface area contributed by atoms with E-state index in [0.29, 0.717) is 24.5 Å². The highest BCUT2D eigenvalue weighted by molar-refractivity contribution is 5.89. The maximum absolute atomic E-state index is 6.37. The molecule has 1 unspecified atom stereocenters. The molecule has 0 radical (unpaired) electrons. The van der Waals surface area contributed by atoms with Crippen LogP contribution < -0.4 is 10.5 Å². The average Bonchev–Trinajstić information content (AvgIpc) is 3.59. The minimum atomic E-state index is -0.194. The van der Waals surface area contributed by atoms with E-state index in [-0.39, 0.29) is 6.10 Å². The van der Waals surface area contributed by atoms with Crippen LogP contribution in [-0.2, 0) is 6.42 Å². The monoisotopic (exact) mass is 460 g/mol. The second kappa shape index (κ2) is 9.08. The Bertz CT molecular complexity index is 1600. The Labute approximate surface area is 202 Å². The maximum atomic E-state index is 6.37. The van der Waals surface area contributed by atoms with Crippen molar-refractivity contribution in [1.82, 2.24) is 15.0 Å². The van der Waals surface area contributed by atoms with Crippen LogP contribution in [0.5, 0.6) is 5.75 Å². The average molecular weight is 461 g/mol. The molecule has 0 aliphatic heterocycles. The van der Waals surface area contributed by atoms with Crippen LogP contribution in [0.2, 0.25) is 0 Å². The molecular formula is C29H24N4O2. The van der Waals surface area contributed by atoms with E-state index in [0.717, 1.165) is 33.1 Å². The summed E-state index contributed by atoms with van der Waals surface area (Å²) in [4.78, 5) is 12.3. The van der Waals surface area contributed by atoms with Gasteiger partial charge in [-0.05, 0) is 52.9 Å². The number of rotatable bonds is 7. The van der Waals surface area contributed by atoms with E-state index in [1.807, 2.05) is 48.8 Å². The molecule has 4 heterocycles. The van der Waals surface area contributed by atoms with Gasteiger partial charge in [-0.2, -0.15) is 0 Å². The van der Waals surface area contributed by atoms with Crippen molar-refractivity contribution in [3.05, 3.63) is 103 Å². The van der Waals surface area contributed by atoms with Gasteiger partial charge in [0.05, 0.1) is 12.5 Å². The number of ether oxygens (including phenoxy) is 1. The SMILES string of the molecule is NCC(Cc1c[nH]c2ccccc12)Oc1cnc(-c2ccco2)c(-c2ccc3cnccc3c2)c1. The molecule has 3 N–H and O–H groups in total. The first-order valence-corrected chi connectivity index (χ1v) is 11.6. The summed E-state index contributed by atoms with van der Waals surface area (Å²) in [6.07, 6.45) is 9.59. The van der Waals surface area contributed by atoms with Crippen LogP contribution in [-0.4, -0.2) is 27.6 Å². The molecule has 0 fully saturated rings. The number of aromatic nitrogens is 3. The molecule has 0 saturated carbocycles. The summed E-state index contributed by atoms with van der Waals surface area (Å²) >= 11 is 0. The highest BCUT2D eigenvalue weighted by Crippen LogP contribution is 2.35. The van der Waals surface area contributed by atoms with Crippen LogP contribution in [0.25, 0.3) is 44.3 Å². The van der Waals surface area contributed by atoms with Crippen LogP contribution in [0.1, 0.15) is 5.56 Å². The summed E-state index contributed by atoms with van der Waals surface area (Å²) in [5.74, 6) is 1.37. The molecule has 0 aliphatic carbocycles. The van der Waals surface area contributed by atoms with Gasteiger partial charge in [-0.25, -0.2) is 4.98 Å². The van der Waals surface area contributed by atoms with Gasteiger partial charge in [0, 0.05) is 53.4 Å². The van der Waals surface area contributed by atoms with Crippen molar-refractivity contribution >= 4 is 21.7 Å². The minimum Gasteiger partial charge on any atom is -0.487 e. The van der Waals surface area contributed by atoms with E-state index in [1.165, 1.54) is 10.9 Å². The first kappa shape index (κ1) is 21.1. The quantitative estimate of drug-likeness (QED) is 0.306. The van der Waals surface area contributed by atoms with Crippen molar-refractivity contribution in [2.75, 3.05) is 6.54 Å². The minimum absolute atomic E-state index is 0.194. The summed E-state index contributed by atoms with van der Waals surface area (Å²) in [6.45, 7) is 0.387. The van der Waals surface area contributed by atoms with Crippen LogP contribution in [0, 0.1) is 0 Å². The van der Waals surface area contributed by atoms with Crippen molar-refractivity contribution in [2.45, 2.75) is 12.5 Å². The number of nitrogens with one attached hydrogen (secondary N) is 1. The molecule has 0 bridgehead atoms. The molecule has 6 heteroatoms. The molecule has 1 atom stereocenters. The zero-order chi connectivity index (χ0) is 23.6. The van der Waals surface area contributed by atoms with Crippen molar-refractivity contribution in [1.29, 1.82) is 0 Å². The molecular weight excluding hydrogens is 436 g/mol. The topological polar surface area (TPSA) is 90.0 Å². The third kappa shape index (κ3) is 4.16. The fraction of sp³-hybridized carbons (Fsp3) is 0.103. The number of nitrogens with two attached hydrogens (primary N) is 1. The second-order valence-corrected chi connectivity index (χ2v) is 8.52. The Morgan fingerprint density at radius 2 is 1.91 bits per heavy atom. The predicted molar refractivity (Wildman–Crippen MR) is 138 cm³/mol. The van der Waals surface area contributed by atoms with Crippen molar-refractivity contribution in [3.8, 4) is 28.3 Å². The molecule has 0 saturated heterocycles. The lowest BCUT2D eigenvalue weighted by atomic mass is 9.99. The van der Waals surface area contributed by atoms with Gasteiger partial charge in [-0.15, -0.1) is 0 Å². The predicted octanol–water partition coefficient (Wildman–Crippen LogP) is 5.99. The van der Waals surface area contributed by atoms with E-state index in [2.05, 4.69) is 40.3 Å². The smallest absolute Gasteiger partial charge is 0.152 e. The fourth-order valence-corrected chi connectivity index (χ4v) is 4.50. The van der Waals surface area contributed by atoms with Crippen molar-refractivity contribution in [3.63, 3.8) is 0 Å². The number of hydrogen-bond donors (Lipinski definition) is 2. The number of benzene rings is 2. The summed E-state index contributed by atoms with van der Waals surface area (Å²) in [6, 6.07) is 22.3. The van der Waals surface area contributed by atoms with Gasteiger partial charge < -0.3 is 19.9 Å². The van der Waals surface area contributed by atoms with E-state index < -0.39 is 0 Å². The summed E-state index contributed by atoms with van der Waals surface area (Å²) in [5, 5.41) is 3.37. The molecule has 0 spiro atoms. The number of aromatic amines is 1. The number of nitrogens with zero attached hydrogens (tertiary/aromatic N) is 2. The molecule has 2 aromatic carbocycles. The van der Waals surface area contributed by atoms with Crippen LogP contribution in [0.3, 0.4) is 0 Å². The first-order chi connectivity index (χ1) is 17.3. The third-order valence-corrected chi connectivity index (χ3v) is 6.26. The zero-order valence-corrected chi connectivity index (χ0v) is 19.0. The number of H-pyrrole nitrogens is 1. The van der Waals surface area contributed by atoms with Gasteiger partial charge in [0.1, 0.15) is 17.5 Å². The summed E-state index contributed by atoms with van der Waals surface area (Å²) in [7, 11) is 0. The fourth-order valence-electron chi connectivity index (χ4n) is 4.50. The van der Waals surface area contributed by atoms with Crippen molar-refractivity contribution < 1.29 is 9.15 Å². The van der Waals surface area contributed by atoms with Gasteiger partial charge >= 0.3 is 0 Å². The van der Waals surface area contributed by atoms with Crippen LogP contribution in [0.4, 0.5) is 0 Å². The van der Waals surface area contributed by atoms with E-state index in [9.17, 15) is 0 Å². The lowest BCUT2D eigenvalue weighted by Crippen LogP contribution is -2.29. The molecule has 6 rings (SSSR count). The van der Waals surface area contributed by atoms with Gasteiger partial charge in [0.2, 0.25) is 0 Å². The molecule has 172 valence electrons. The highest BCUT2D eigenvalue weighted by atomic mass is 16.5. The number of pyridine rings is 2. The standard InChI is InChI=1S/C29H24N4O2/c30-15-23(13-22-17-32-27-5-2-1-4-25(22)27)35-24-14-26(29(33-18-24)28-6-3-11-34-28)20-7-8-21-16-31-10-9-19(21)12-20/h1-12,14,16-18,23,32H,13,15,30H2. The van der Waals surface area contributed by atoms with Crippen LogP contribution >= 0.6 is 0 Å². The zero-order valence-electron chi connectivity index (χ0n) is 19.0. The maximum Gasteiger partial charge on any atom is 0.152 e. The van der Waals surface area contributed by atoms with E-state index in [1.54, 1.807) is 18.7 Å². The highest BCUT2D eigenvalue weighted by Gasteiger charge is 2.17. The van der Waals surface area contributed by atoms with Gasteiger partial charge in [0.25, 0.3) is 0 Å². The lowest BCUT2D eigenvalue weighted by Gasteiger charge is -2.18. The van der Waals surface area contributed by atoms with Gasteiger partial charge in [-0.1, -0.05) is 30.3 Å². The Kier molecular flexibility index (Phi) is 5.48. The number of furan rings is 1. The second-order valence-electron chi connectivity index (χ2n) is 8.52.